The van der Waals surface area contributed by atoms with E-state index in [4.69, 9.17) is 9.26 Å². The molecule has 0 bridgehead atoms. The predicted molar refractivity (Wildman–Crippen MR) is 76.6 cm³/mol. The van der Waals surface area contributed by atoms with Crippen LogP contribution in [0.4, 0.5) is 0 Å². The van der Waals surface area contributed by atoms with Crippen LogP contribution in [-0.4, -0.2) is 43.3 Å². The summed E-state index contributed by atoms with van der Waals surface area (Å²) in [5, 5.41) is 7.51. The number of aromatic nitrogens is 1. The molecule has 20 heavy (non-hydrogen) atoms. The maximum Gasteiger partial charge on any atom is 0.170 e. The fourth-order valence-corrected chi connectivity index (χ4v) is 2.46. The van der Waals surface area contributed by atoms with Crippen LogP contribution in [0.15, 0.2) is 34.9 Å². The second-order valence-electron chi connectivity index (χ2n) is 4.91. The van der Waals surface area contributed by atoms with E-state index in [2.05, 4.69) is 15.4 Å². The SMILES string of the molecule is COc1ccccc1-c1cc(CN2CCNCC2)no1. The van der Waals surface area contributed by atoms with Crippen molar-refractivity contribution in [3.63, 3.8) is 0 Å². The van der Waals surface area contributed by atoms with E-state index < -0.39 is 0 Å². The van der Waals surface area contributed by atoms with Crippen molar-refractivity contribution >= 4 is 0 Å². The van der Waals surface area contributed by atoms with Gasteiger partial charge in [-0.2, -0.15) is 0 Å². The van der Waals surface area contributed by atoms with Crippen LogP contribution >= 0.6 is 0 Å². The molecule has 0 amide bonds. The Bertz CT molecular complexity index is 562. The Labute approximate surface area is 118 Å². The smallest absolute Gasteiger partial charge is 0.170 e. The van der Waals surface area contributed by atoms with Crippen molar-refractivity contribution in [2.75, 3.05) is 33.3 Å². The lowest BCUT2D eigenvalue weighted by molar-refractivity contribution is 0.227. The van der Waals surface area contributed by atoms with E-state index in [0.29, 0.717) is 0 Å². The van der Waals surface area contributed by atoms with E-state index in [0.717, 1.165) is 55.5 Å². The number of hydrogen-bond acceptors (Lipinski definition) is 5. The molecule has 0 atom stereocenters. The lowest BCUT2D eigenvalue weighted by Crippen LogP contribution is -2.42. The van der Waals surface area contributed by atoms with Crippen LogP contribution in [0, 0.1) is 0 Å². The van der Waals surface area contributed by atoms with Gasteiger partial charge in [0.15, 0.2) is 5.76 Å². The molecule has 1 aliphatic heterocycles. The molecule has 0 spiro atoms. The third-order valence-corrected chi connectivity index (χ3v) is 3.53. The number of ether oxygens (including phenoxy) is 1. The predicted octanol–water partition coefficient (Wildman–Crippen LogP) is 1.76. The Kier molecular flexibility index (Phi) is 3.99. The van der Waals surface area contributed by atoms with Crippen LogP contribution in [0.5, 0.6) is 5.75 Å². The average molecular weight is 273 g/mol. The van der Waals surface area contributed by atoms with Crippen LogP contribution in [-0.2, 0) is 6.54 Å². The largest absolute Gasteiger partial charge is 0.496 e. The summed E-state index contributed by atoms with van der Waals surface area (Å²) in [6.07, 6.45) is 0. The van der Waals surface area contributed by atoms with E-state index in [1.54, 1.807) is 7.11 Å². The first-order valence-corrected chi connectivity index (χ1v) is 6.89. The number of para-hydroxylation sites is 1. The minimum atomic E-state index is 0.757. The zero-order valence-corrected chi connectivity index (χ0v) is 11.6. The van der Waals surface area contributed by atoms with Gasteiger partial charge in [-0.25, -0.2) is 0 Å². The lowest BCUT2D eigenvalue weighted by atomic mass is 10.1. The molecule has 0 unspecified atom stereocenters. The van der Waals surface area contributed by atoms with Gasteiger partial charge >= 0.3 is 0 Å². The monoisotopic (exact) mass is 273 g/mol. The summed E-state index contributed by atoms with van der Waals surface area (Å²) < 4.78 is 10.8. The number of hydrogen-bond donors (Lipinski definition) is 1. The molecule has 2 heterocycles. The number of rotatable bonds is 4. The van der Waals surface area contributed by atoms with Crippen LogP contribution < -0.4 is 10.1 Å². The highest BCUT2D eigenvalue weighted by atomic mass is 16.5. The molecular weight excluding hydrogens is 254 g/mol. The molecule has 1 aromatic heterocycles. The summed E-state index contributed by atoms with van der Waals surface area (Å²) in [6, 6.07) is 9.82. The van der Waals surface area contributed by atoms with Gasteiger partial charge < -0.3 is 14.6 Å². The van der Waals surface area contributed by atoms with Crippen molar-refractivity contribution in [2.24, 2.45) is 0 Å². The number of methoxy groups -OCH3 is 1. The molecule has 1 aromatic carbocycles. The summed E-state index contributed by atoms with van der Waals surface area (Å²) in [7, 11) is 1.66. The first-order valence-electron chi connectivity index (χ1n) is 6.89. The quantitative estimate of drug-likeness (QED) is 0.920. The molecular formula is C15H19N3O2. The van der Waals surface area contributed by atoms with E-state index in [9.17, 15) is 0 Å². The topological polar surface area (TPSA) is 50.5 Å². The Balaban J connectivity index is 1.75. The Morgan fingerprint density at radius 3 is 2.90 bits per heavy atom. The van der Waals surface area contributed by atoms with Crippen molar-refractivity contribution in [1.82, 2.24) is 15.4 Å². The highest BCUT2D eigenvalue weighted by molar-refractivity contribution is 5.65. The molecule has 1 fully saturated rings. The molecule has 1 saturated heterocycles. The minimum Gasteiger partial charge on any atom is -0.496 e. The molecule has 1 N–H and O–H groups in total. The summed E-state index contributed by atoms with van der Waals surface area (Å²) in [5.74, 6) is 1.56. The van der Waals surface area contributed by atoms with E-state index in [-0.39, 0.29) is 0 Å². The van der Waals surface area contributed by atoms with Crippen molar-refractivity contribution in [2.45, 2.75) is 6.54 Å². The van der Waals surface area contributed by atoms with Gasteiger partial charge in [-0.1, -0.05) is 17.3 Å². The fraction of sp³-hybridized carbons (Fsp3) is 0.400. The standard InChI is InChI=1S/C15H19N3O2/c1-19-14-5-3-2-4-13(14)15-10-12(17-20-15)11-18-8-6-16-7-9-18/h2-5,10,16H,6-9,11H2,1H3. The third-order valence-electron chi connectivity index (χ3n) is 3.53. The van der Waals surface area contributed by atoms with Crippen LogP contribution in [0.25, 0.3) is 11.3 Å². The van der Waals surface area contributed by atoms with Crippen molar-refractivity contribution in [3.05, 3.63) is 36.0 Å². The molecule has 5 heteroatoms. The molecule has 0 aliphatic carbocycles. The Morgan fingerprint density at radius 2 is 2.10 bits per heavy atom. The summed E-state index contributed by atoms with van der Waals surface area (Å²) >= 11 is 0. The van der Waals surface area contributed by atoms with Gasteiger partial charge in [-0.15, -0.1) is 0 Å². The zero-order chi connectivity index (χ0) is 13.8. The highest BCUT2D eigenvalue weighted by Crippen LogP contribution is 2.30. The van der Waals surface area contributed by atoms with E-state index in [1.165, 1.54) is 0 Å². The average Bonchev–Trinajstić information content (AvgIpc) is 2.96. The fourth-order valence-electron chi connectivity index (χ4n) is 2.46. The molecule has 0 saturated carbocycles. The second-order valence-corrected chi connectivity index (χ2v) is 4.91. The number of nitrogens with one attached hydrogen (secondary N) is 1. The maximum atomic E-state index is 5.46. The van der Waals surface area contributed by atoms with Gasteiger partial charge in [0.25, 0.3) is 0 Å². The normalized spacial score (nSPS) is 16.2. The van der Waals surface area contributed by atoms with Gasteiger partial charge in [0, 0.05) is 38.8 Å². The second kappa shape index (κ2) is 6.07. The molecule has 106 valence electrons. The first kappa shape index (κ1) is 13.1. The Morgan fingerprint density at radius 1 is 1.30 bits per heavy atom. The van der Waals surface area contributed by atoms with Crippen LogP contribution in [0.1, 0.15) is 5.69 Å². The summed E-state index contributed by atoms with van der Waals surface area (Å²) in [4.78, 5) is 2.38. The van der Waals surface area contributed by atoms with Crippen molar-refractivity contribution in [3.8, 4) is 17.1 Å². The van der Waals surface area contributed by atoms with E-state index in [1.807, 2.05) is 30.3 Å². The van der Waals surface area contributed by atoms with Crippen LogP contribution in [0.3, 0.4) is 0 Å². The maximum absolute atomic E-state index is 5.46. The van der Waals surface area contributed by atoms with Gasteiger partial charge in [0.05, 0.1) is 18.4 Å². The van der Waals surface area contributed by atoms with Gasteiger partial charge in [-0.05, 0) is 12.1 Å². The molecule has 0 radical (unpaired) electrons. The van der Waals surface area contributed by atoms with E-state index >= 15 is 0 Å². The first-order chi connectivity index (χ1) is 9.86. The van der Waals surface area contributed by atoms with Gasteiger partial charge in [0.2, 0.25) is 0 Å². The molecule has 2 aromatic rings. The summed E-state index contributed by atoms with van der Waals surface area (Å²) in [5.41, 5.74) is 1.90. The minimum absolute atomic E-state index is 0.757. The molecule has 3 rings (SSSR count). The Hall–Kier alpha value is -1.85. The highest BCUT2D eigenvalue weighted by Gasteiger charge is 2.15. The van der Waals surface area contributed by atoms with Gasteiger partial charge in [0.1, 0.15) is 5.75 Å². The van der Waals surface area contributed by atoms with Crippen molar-refractivity contribution < 1.29 is 9.26 Å². The number of piperazine rings is 1. The number of benzene rings is 1. The lowest BCUT2D eigenvalue weighted by Gasteiger charge is -2.25. The van der Waals surface area contributed by atoms with Gasteiger partial charge in [-0.3, -0.25) is 4.90 Å². The third kappa shape index (κ3) is 2.84. The molecule has 1 aliphatic rings. The van der Waals surface area contributed by atoms with Crippen molar-refractivity contribution in [1.29, 1.82) is 0 Å². The van der Waals surface area contributed by atoms with Crippen LogP contribution in [0.2, 0.25) is 0 Å². The number of nitrogens with zero attached hydrogens (tertiary/aromatic N) is 2. The zero-order valence-electron chi connectivity index (χ0n) is 11.6. The summed E-state index contributed by atoms with van der Waals surface area (Å²) in [6.45, 7) is 5.02. The molecule has 5 nitrogen and oxygen atoms in total.